The zero-order chi connectivity index (χ0) is 20.1. The lowest BCUT2D eigenvalue weighted by Crippen LogP contribution is -2.22. The monoisotopic (exact) mass is 420 g/mol. The maximum Gasteiger partial charge on any atom is 0.277 e. The molecule has 0 saturated carbocycles. The van der Waals surface area contributed by atoms with E-state index in [1.807, 2.05) is 6.07 Å². The maximum absolute atomic E-state index is 12.6. The molecule has 2 heterocycles. The van der Waals surface area contributed by atoms with Gasteiger partial charge in [-0.15, -0.1) is 10.2 Å². The van der Waals surface area contributed by atoms with E-state index in [-0.39, 0.29) is 11.1 Å². The Bertz CT molecular complexity index is 967. The number of thioether (sulfide) groups is 1. The largest absolute Gasteiger partial charge is 0.495 e. The van der Waals surface area contributed by atoms with Crippen LogP contribution in [-0.4, -0.2) is 40.6 Å². The number of benzene rings is 1. The van der Waals surface area contributed by atoms with Crippen molar-refractivity contribution in [3.63, 3.8) is 0 Å². The van der Waals surface area contributed by atoms with Gasteiger partial charge in [-0.05, 0) is 25.1 Å². The average molecular weight is 421 g/mol. The van der Waals surface area contributed by atoms with Gasteiger partial charge in [-0.1, -0.05) is 23.4 Å². The number of halogens is 1. The summed E-state index contributed by atoms with van der Waals surface area (Å²) >= 11 is 7.28. The van der Waals surface area contributed by atoms with Crippen molar-refractivity contribution in [1.82, 2.24) is 15.2 Å². The molecule has 1 N–H and O–H groups in total. The molecule has 0 saturated heterocycles. The number of hydrogen-bond acceptors (Lipinski definition) is 8. The van der Waals surface area contributed by atoms with Gasteiger partial charge in [0.15, 0.2) is 0 Å². The normalized spacial score (nSPS) is 11.7. The number of carbonyl (C=O) groups excluding carboxylic acids is 1. The van der Waals surface area contributed by atoms with Crippen LogP contribution in [0.1, 0.15) is 6.92 Å². The van der Waals surface area contributed by atoms with Crippen LogP contribution in [-0.2, 0) is 4.79 Å². The number of aromatic nitrogens is 3. The predicted octanol–water partition coefficient (Wildman–Crippen LogP) is 3.92. The van der Waals surface area contributed by atoms with E-state index in [1.54, 1.807) is 37.5 Å². The Morgan fingerprint density at radius 1 is 1.25 bits per heavy atom. The van der Waals surface area contributed by atoms with E-state index in [0.29, 0.717) is 33.7 Å². The van der Waals surface area contributed by atoms with E-state index in [1.165, 1.54) is 14.2 Å². The molecule has 3 rings (SSSR count). The average Bonchev–Trinajstić information content (AvgIpc) is 3.17. The van der Waals surface area contributed by atoms with E-state index < -0.39 is 5.25 Å². The van der Waals surface area contributed by atoms with Crippen molar-refractivity contribution >= 4 is 35.0 Å². The smallest absolute Gasteiger partial charge is 0.277 e. The van der Waals surface area contributed by atoms with E-state index in [2.05, 4.69) is 20.5 Å². The first-order valence-electron chi connectivity index (χ1n) is 8.14. The first-order chi connectivity index (χ1) is 13.5. The number of carbonyl (C=O) groups is 1. The number of methoxy groups -OCH3 is 2. The molecule has 0 radical (unpaired) electrons. The molecule has 28 heavy (non-hydrogen) atoms. The van der Waals surface area contributed by atoms with Crippen molar-refractivity contribution in [1.29, 1.82) is 0 Å². The second kappa shape index (κ2) is 8.94. The van der Waals surface area contributed by atoms with Crippen LogP contribution in [0.25, 0.3) is 11.5 Å². The van der Waals surface area contributed by atoms with Crippen LogP contribution >= 0.6 is 23.4 Å². The van der Waals surface area contributed by atoms with E-state index in [0.717, 1.165) is 11.8 Å². The first-order valence-corrected chi connectivity index (χ1v) is 9.40. The van der Waals surface area contributed by atoms with E-state index >= 15 is 0 Å². The van der Waals surface area contributed by atoms with Crippen LogP contribution in [0.15, 0.2) is 46.3 Å². The molecule has 3 aromatic rings. The fraction of sp³-hybridized carbons (Fsp3) is 0.222. The van der Waals surface area contributed by atoms with Crippen LogP contribution in [0.3, 0.4) is 0 Å². The number of nitrogens with one attached hydrogen (secondary N) is 1. The number of amides is 1. The molecule has 8 nitrogen and oxygen atoms in total. The molecule has 1 atom stereocenters. The highest BCUT2D eigenvalue weighted by Crippen LogP contribution is 2.36. The molecular weight excluding hydrogens is 404 g/mol. The Morgan fingerprint density at radius 3 is 2.71 bits per heavy atom. The van der Waals surface area contributed by atoms with Gasteiger partial charge in [0.2, 0.25) is 11.8 Å². The number of rotatable bonds is 7. The molecular formula is C18H17ClN4O4S. The van der Waals surface area contributed by atoms with Crippen LogP contribution < -0.4 is 14.8 Å². The standard InChI is InChI=1S/C18H17ClN4O4S/c1-10(28-18-23-22-17(27-18)11-5-4-6-20-9-11)16(24)21-13-7-12(19)14(25-2)8-15(13)26-3/h4-10H,1-3H3,(H,21,24)/t10-/m1/s1. The lowest BCUT2D eigenvalue weighted by atomic mass is 10.2. The summed E-state index contributed by atoms with van der Waals surface area (Å²) in [6.45, 7) is 1.73. The van der Waals surface area contributed by atoms with E-state index in [9.17, 15) is 4.79 Å². The van der Waals surface area contributed by atoms with Crippen molar-refractivity contribution in [3.8, 4) is 23.0 Å². The number of pyridine rings is 1. The lowest BCUT2D eigenvalue weighted by molar-refractivity contribution is -0.115. The zero-order valence-corrected chi connectivity index (χ0v) is 16.9. The van der Waals surface area contributed by atoms with Crippen LogP contribution in [0, 0.1) is 0 Å². The van der Waals surface area contributed by atoms with Gasteiger partial charge in [-0.3, -0.25) is 9.78 Å². The minimum Gasteiger partial charge on any atom is -0.495 e. The number of nitrogens with zero attached hydrogens (tertiary/aromatic N) is 3. The lowest BCUT2D eigenvalue weighted by Gasteiger charge is -2.15. The topological polar surface area (TPSA) is 99.4 Å². The quantitative estimate of drug-likeness (QED) is 0.574. The summed E-state index contributed by atoms with van der Waals surface area (Å²) in [4.78, 5) is 16.6. The van der Waals surface area contributed by atoms with Crippen LogP contribution in [0.2, 0.25) is 5.02 Å². The minimum atomic E-state index is -0.507. The van der Waals surface area contributed by atoms with Crippen LogP contribution in [0.4, 0.5) is 5.69 Å². The summed E-state index contributed by atoms with van der Waals surface area (Å²) in [7, 11) is 3.00. The Labute approximate surface area is 170 Å². The molecule has 0 fully saturated rings. The maximum atomic E-state index is 12.6. The van der Waals surface area contributed by atoms with Crippen molar-refractivity contribution in [2.75, 3.05) is 19.5 Å². The molecule has 2 aromatic heterocycles. The molecule has 0 bridgehead atoms. The van der Waals surface area contributed by atoms with Crippen molar-refractivity contribution in [3.05, 3.63) is 41.7 Å². The van der Waals surface area contributed by atoms with Gasteiger partial charge in [0.25, 0.3) is 5.22 Å². The highest BCUT2D eigenvalue weighted by atomic mass is 35.5. The predicted molar refractivity (Wildman–Crippen MR) is 106 cm³/mol. The van der Waals surface area contributed by atoms with E-state index in [4.69, 9.17) is 25.5 Å². The summed E-state index contributed by atoms with van der Waals surface area (Å²) in [6, 6.07) is 6.76. The molecule has 10 heteroatoms. The van der Waals surface area contributed by atoms with Gasteiger partial charge in [0.1, 0.15) is 11.5 Å². The third-order valence-corrected chi connectivity index (χ3v) is 4.92. The highest BCUT2D eigenvalue weighted by Gasteiger charge is 2.21. The third-order valence-electron chi connectivity index (χ3n) is 3.69. The summed E-state index contributed by atoms with van der Waals surface area (Å²) in [5.74, 6) is 0.952. The molecule has 0 unspecified atom stereocenters. The first kappa shape index (κ1) is 20.0. The summed E-state index contributed by atoms with van der Waals surface area (Å²) in [5, 5.41) is 10.9. The van der Waals surface area contributed by atoms with Crippen molar-refractivity contribution in [2.45, 2.75) is 17.4 Å². The van der Waals surface area contributed by atoms with Gasteiger partial charge >= 0.3 is 0 Å². The van der Waals surface area contributed by atoms with Gasteiger partial charge in [0.05, 0.1) is 35.7 Å². The summed E-state index contributed by atoms with van der Waals surface area (Å²) in [5.41, 5.74) is 1.14. The van der Waals surface area contributed by atoms with Crippen molar-refractivity contribution < 1.29 is 18.7 Å². The Balaban J connectivity index is 1.69. The molecule has 0 spiro atoms. The molecule has 146 valence electrons. The molecule has 0 aliphatic carbocycles. The fourth-order valence-electron chi connectivity index (χ4n) is 2.26. The number of anilines is 1. The van der Waals surface area contributed by atoms with Gasteiger partial charge in [-0.2, -0.15) is 0 Å². The molecule has 0 aliphatic heterocycles. The van der Waals surface area contributed by atoms with Gasteiger partial charge in [0, 0.05) is 18.5 Å². The fourth-order valence-corrected chi connectivity index (χ4v) is 3.18. The summed E-state index contributed by atoms with van der Waals surface area (Å²) in [6.07, 6.45) is 3.28. The zero-order valence-electron chi connectivity index (χ0n) is 15.3. The number of ether oxygens (including phenoxy) is 2. The second-order valence-corrected chi connectivity index (χ2v) is 7.25. The third kappa shape index (κ3) is 4.55. The van der Waals surface area contributed by atoms with Gasteiger partial charge < -0.3 is 19.2 Å². The van der Waals surface area contributed by atoms with Crippen molar-refractivity contribution in [2.24, 2.45) is 0 Å². The second-order valence-electron chi connectivity index (χ2n) is 5.55. The Morgan fingerprint density at radius 2 is 2.04 bits per heavy atom. The number of hydrogen-bond donors (Lipinski definition) is 1. The van der Waals surface area contributed by atoms with Crippen LogP contribution in [0.5, 0.6) is 11.5 Å². The highest BCUT2D eigenvalue weighted by molar-refractivity contribution is 8.00. The molecule has 0 aliphatic rings. The Kier molecular flexibility index (Phi) is 6.37. The SMILES string of the molecule is COc1cc(OC)c(NC(=O)[C@@H](C)Sc2nnc(-c3cccnc3)o2)cc1Cl. The van der Waals surface area contributed by atoms with Gasteiger partial charge in [-0.25, -0.2) is 0 Å². The Hall–Kier alpha value is -2.78. The molecule has 1 amide bonds. The molecule has 1 aromatic carbocycles. The minimum absolute atomic E-state index is 0.273. The summed E-state index contributed by atoms with van der Waals surface area (Å²) < 4.78 is 16.0.